The maximum atomic E-state index is 2.47. The summed E-state index contributed by atoms with van der Waals surface area (Å²) in [5.74, 6) is 2.94. The zero-order valence-corrected chi connectivity index (χ0v) is 30.2. The topological polar surface area (TPSA) is 3.24 Å². The fourth-order valence-electron chi connectivity index (χ4n) is 11.2. The number of rotatable bonds is 6. The van der Waals surface area contributed by atoms with E-state index in [0.717, 1.165) is 23.4 Å². The van der Waals surface area contributed by atoms with Gasteiger partial charge < -0.3 is 4.90 Å². The first kappa shape index (κ1) is 30.9. The quantitative estimate of drug-likeness (QED) is 0.172. The van der Waals surface area contributed by atoms with Gasteiger partial charge in [-0.2, -0.15) is 0 Å². The van der Waals surface area contributed by atoms with Crippen molar-refractivity contribution >= 4 is 17.1 Å². The molecule has 0 heterocycles. The summed E-state index contributed by atoms with van der Waals surface area (Å²) in [4.78, 5) is 2.43. The molecule has 5 aliphatic carbocycles. The molecule has 4 fully saturated rings. The van der Waals surface area contributed by atoms with Gasteiger partial charge in [-0.15, -0.1) is 0 Å². The van der Waals surface area contributed by atoms with Crippen LogP contribution in [0.3, 0.4) is 0 Å². The Kier molecular flexibility index (Phi) is 7.01. The lowest BCUT2D eigenvalue weighted by molar-refractivity contribution is -0.00518. The van der Waals surface area contributed by atoms with Crippen molar-refractivity contribution in [3.05, 3.63) is 162 Å². The smallest absolute Gasteiger partial charge is 0.0490 e. The predicted molar refractivity (Wildman–Crippen MR) is 214 cm³/mol. The third kappa shape index (κ3) is 5.03. The van der Waals surface area contributed by atoms with Gasteiger partial charge in [0, 0.05) is 22.5 Å². The van der Waals surface area contributed by atoms with E-state index in [-0.39, 0.29) is 5.41 Å². The molecule has 252 valence electrons. The first-order valence-electron chi connectivity index (χ1n) is 19.3. The summed E-state index contributed by atoms with van der Waals surface area (Å²) in [5.41, 5.74) is 17.4. The number of fused-ring (bicyclic) bond motifs is 3. The molecule has 0 spiro atoms. The van der Waals surface area contributed by atoms with Gasteiger partial charge in [-0.25, -0.2) is 0 Å². The summed E-state index contributed by atoms with van der Waals surface area (Å²) in [6, 6.07) is 52.7. The Hall–Kier alpha value is -4.88. The standard InChI is InChI=1S/C50H47N/c1-33-8-4-7-11-48(33)51(43-24-25-45-44-9-5-6-10-46(44)49(2,3)47(45)29-43)42-22-18-40(19-23-42)38-14-12-37(13-15-38)39-16-20-41(21-17-39)50-30-34-26-35(31-50)28-36(27-34)32-50/h4-25,29,34-36H,26-28,30-32H2,1-3H3. The molecule has 1 nitrogen and oxygen atoms in total. The molecular formula is C50H47N. The van der Waals surface area contributed by atoms with Crippen molar-refractivity contribution in [1.29, 1.82) is 0 Å². The van der Waals surface area contributed by atoms with Crippen LogP contribution in [-0.4, -0.2) is 0 Å². The average molecular weight is 662 g/mol. The molecule has 5 aliphatic rings. The molecule has 4 saturated carbocycles. The van der Waals surface area contributed by atoms with Crippen molar-refractivity contribution in [2.24, 2.45) is 17.8 Å². The van der Waals surface area contributed by atoms with E-state index < -0.39 is 0 Å². The molecule has 0 aromatic heterocycles. The number of hydrogen-bond acceptors (Lipinski definition) is 1. The van der Waals surface area contributed by atoms with Gasteiger partial charge in [0.25, 0.3) is 0 Å². The summed E-state index contributed by atoms with van der Waals surface area (Å²) in [6.45, 7) is 6.93. The van der Waals surface area contributed by atoms with E-state index in [0.29, 0.717) is 5.41 Å². The third-order valence-corrected chi connectivity index (χ3v) is 13.4. The van der Waals surface area contributed by atoms with Crippen LogP contribution in [0.1, 0.15) is 74.6 Å². The lowest BCUT2D eigenvalue weighted by atomic mass is 9.48. The van der Waals surface area contributed by atoms with Gasteiger partial charge in [-0.3, -0.25) is 0 Å². The fraction of sp³-hybridized carbons (Fsp3) is 0.280. The predicted octanol–water partition coefficient (Wildman–Crippen LogP) is 13.6. The van der Waals surface area contributed by atoms with E-state index in [9.17, 15) is 0 Å². The van der Waals surface area contributed by atoms with E-state index in [1.807, 2.05) is 0 Å². The molecule has 51 heavy (non-hydrogen) atoms. The van der Waals surface area contributed by atoms with Crippen molar-refractivity contribution in [2.45, 2.75) is 70.1 Å². The van der Waals surface area contributed by atoms with Crippen molar-refractivity contribution in [3.63, 3.8) is 0 Å². The average Bonchev–Trinajstić information content (AvgIpc) is 3.38. The van der Waals surface area contributed by atoms with E-state index in [1.165, 1.54) is 100.0 Å². The van der Waals surface area contributed by atoms with E-state index in [1.54, 1.807) is 5.56 Å². The van der Waals surface area contributed by atoms with E-state index in [2.05, 4.69) is 165 Å². The molecule has 4 bridgehead atoms. The molecular weight excluding hydrogens is 615 g/mol. The SMILES string of the molecule is Cc1ccccc1N(c1ccc(-c2ccc(-c3ccc(C45CC6CC(CC(C6)C4)C5)cc3)cc2)cc1)c1ccc2c(c1)C(C)(C)c1ccccc1-2. The maximum Gasteiger partial charge on any atom is 0.0490 e. The first-order valence-corrected chi connectivity index (χ1v) is 19.3. The van der Waals surface area contributed by atoms with Gasteiger partial charge >= 0.3 is 0 Å². The van der Waals surface area contributed by atoms with Crippen LogP contribution in [0.15, 0.2) is 140 Å². The molecule has 1 heteroatoms. The minimum absolute atomic E-state index is 0.0498. The number of anilines is 3. The van der Waals surface area contributed by atoms with Crippen molar-refractivity contribution < 1.29 is 0 Å². The second kappa shape index (κ2) is 11.6. The maximum absolute atomic E-state index is 2.47. The van der Waals surface area contributed by atoms with Crippen LogP contribution in [0, 0.1) is 24.7 Å². The van der Waals surface area contributed by atoms with Gasteiger partial charge in [-0.1, -0.05) is 123 Å². The monoisotopic (exact) mass is 661 g/mol. The van der Waals surface area contributed by atoms with Crippen LogP contribution >= 0.6 is 0 Å². The zero-order valence-electron chi connectivity index (χ0n) is 30.2. The highest BCUT2D eigenvalue weighted by molar-refractivity contribution is 5.86. The zero-order chi connectivity index (χ0) is 34.3. The van der Waals surface area contributed by atoms with Crippen LogP contribution in [0.2, 0.25) is 0 Å². The first-order chi connectivity index (χ1) is 24.8. The Morgan fingerprint density at radius 1 is 0.490 bits per heavy atom. The number of benzene rings is 6. The van der Waals surface area contributed by atoms with Crippen LogP contribution < -0.4 is 4.90 Å². The minimum atomic E-state index is -0.0498. The Balaban J connectivity index is 0.929. The van der Waals surface area contributed by atoms with Gasteiger partial charge in [0.2, 0.25) is 0 Å². The number of aryl methyl sites for hydroxylation is 1. The lowest BCUT2D eigenvalue weighted by Crippen LogP contribution is -2.48. The van der Waals surface area contributed by atoms with Crippen molar-refractivity contribution in [2.75, 3.05) is 4.90 Å². The lowest BCUT2D eigenvalue weighted by Gasteiger charge is -2.57. The second-order valence-corrected chi connectivity index (χ2v) is 16.9. The Bertz CT molecular complexity index is 2220. The Labute approximate surface area is 304 Å². The Morgan fingerprint density at radius 3 is 1.59 bits per heavy atom. The highest BCUT2D eigenvalue weighted by Gasteiger charge is 2.51. The van der Waals surface area contributed by atoms with E-state index in [4.69, 9.17) is 0 Å². The summed E-state index contributed by atoms with van der Waals surface area (Å²) in [6.07, 6.45) is 8.78. The molecule has 0 N–H and O–H groups in total. The normalized spacial score (nSPS) is 23.5. The third-order valence-electron chi connectivity index (χ3n) is 13.4. The number of nitrogens with zero attached hydrogens (tertiary/aromatic N) is 1. The highest BCUT2D eigenvalue weighted by atomic mass is 15.1. The van der Waals surface area contributed by atoms with Crippen LogP contribution in [0.4, 0.5) is 17.1 Å². The molecule has 0 aliphatic heterocycles. The van der Waals surface area contributed by atoms with Crippen LogP contribution in [-0.2, 0) is 10.8 Å². The summed E-state index contributed by atoms with van der Waals surface area (Å²) in [7, 11) is 0. The molecule has 0 radical (unpaired) electrons. The van der Waals surface area contributed by atoms with Gasteiger partial charge in [0.1, 0.15) is 0 Å². The van der Waals surface area contributed by atoms with E-state index >= 15 is 0 Å². The molecule has 11 rings (SSSR count). The number of para-hydroxylation sites is 1. The summed E-state index contributed by atoms with van der Waals surface area (Å²) >= 11 is 0. The molecule has 0 atom stereocenters. The fourth-order valence-corrected chi connectivity index (χ4v) is 11.2. The molecule has 6 aromatic carbocycles. The van der Waals surface area contributed by atoms with Crippen molar-refractivity contribution in [1.82, 2.24) is 0 Å². The largest absolute Gasteiger partial charge is 0.310 e. The second-order valence-electron chi connectivity index (χ2n) is 16.9. The van der Waals surface area contributed by atoms with Crippen molar-refractivity contribution in [3.8, 4) is 33.4 Å². The van der Waals surface area contributed by atoms with Crippen LogP contribution in [0.25, 0.3) is 33.4 Å². The Morgan fingerprint density at radius 2 is 0.980 bits per heavy atom. The number of hydrogen-bond donors (Lipinski definition) is 0. The van der Waals surface area contributed by atoms with Gasteiger partial charge in [0.15, 0.2) is 0 Å². The van der Waals surface area contributed by atoms with Crippen LogP contribution in [0.5, 0.6) is 0 Å². The van der Waals surface area contributed by atoms with Gasteiger partial charge in [0.05, 0.1) is 0 Å². The molecule has 0 amide bonds. The molecule has 0 saturated heterocycles. The molecule has 0 unspecified atom stereocenters. The highest BCUT2D eigenvalue weighted by Crippen LogP contribution is 2.61. The summed E-state index contributed by atoms with van der Waals surface area (Å²) < 4.78 is 0. The molecule has 6 aromatic rings. The minimum Gasteiger partial charge on any atom is -0.310 e. The summed E-state index contributed by atoms with van der Waals surface area (Å²) in [5, 5.41) is 0. The van der Waals surface area contributed by atoms with Gasteiger partial charge in [-0.05, 0) is 155 Å².